The minimum absolute atomic E-state index is 0.0591. The van der Waals surface area contributed by atoms with Crippen LogP contribution in [0.5, 0.6) is 5.75 Å². The molecule has 1 amide bonds. The van der Waals surface area contributed by atoms with Crippen LogP contribution in [-0.4, -0.2) is 58.4 Å². The van der Waals surface area contributed by atoms with Crippen LogP contribution in [0.3, 0.4) is 0 Å². The Balaban J connectivity index is 1.29. The largest absolute Gasteiger partial charge is 0.491 e. The fourth-order valence-electron chi connectivity index (χ4n) is 4.24. The fourth-order valence-corrected chi connectivity index (χ4v) is 4.24. The van der Waals surface area contributed by atoms with Crippen LogP contribution < -0.4 is 25.6 Å². The number of carbonyl (C=O) groups excluding carboxylic acids is 1. The zero-order chi connectivity index (χ0) is 23.8. The van der Waals surface area contributed by atoms with E-state index >= 15 is 0 Å². The Morgan fingerprint density at radius 2 is 2.03 bits per heavy atom. The molecule has 1 atom stereocenters. The molecule has 1 unspecified atom stereocenters. The maximum atomic E-state index is 14.0. The minimum Gasteiger partial charge on any atom is -0.491 e. The number of nitrogens with one attached hydrogen (secondary N) is 3. The van der Waals surface area contributed by atoms with E-state index in [2.05, 4.69) is 31.0 Å². The van der Waals surface area contributed by atoms with Gasteiger partial charge in [0.15, 0.2) is 23.2 Å². The molecule has 0 bridgehead atoms. The highest BCUT2D eigenvalue weighted by molar-refractivity contribution is 6.03. The van der Waals surface area contributed by atoms with E-state index in [0.717, 1.165) is 12.1 Å². The summed E-state index contributed by atoms with van der Waals surface area (Å²) in [5, 5.41) is 13.6. The predicted molar refractivity (Wildman–Crippen MR) is 121 cm³/mol. The first-order chi connectivity index (χ1) is 16.4. The Labute approximate surface area is 194 Å². The van der Waals surface area contributed by atoms with Crippen molar-refractivity contribution in [2.24, 2.45) is 0 Å². The van der Waals surface area contributed by atoms with Crippen molar-refractivity contribution >= 4 is 23.4 Å². The van der Waals surface area contributed by atoms with Gasteiger partial charge < -0.3 is 25.6 Å². The van der Waals surface area contributed by atoms with Gasteiger partial charge in [0, 0.05) is 37.9 Å². The zero-order valence-corrected chi connectivity index (χ0v) is 18.7. The number of piperazine rings is 1. The Kier molecular flexibility index (Phi) is 5.74. The number of hydrogen-bond acceptors (Lipinski definition) is 8. The predicted octanol–water partition coefficient (Wildman–Crippen LogP) is 1.66. The first-order valence-electron chi connectivity index (χ1n) is 10.9. The van der Waals surface area contributed by atoms with Crippen molar-refractivity contribution in [3.05, 3.63) is 53.0 Å². The van der Waals surface area contributed by atoms with Crippen molar-refractivity contribution in [3.63, 3.8) is 0 Å². The van der Waals surface area contributed by atoms with Crippen molar-refractivity contribution in [2.75, 3.05) is 42.3 Å². The number of rotatable bonds is 6. The molecule has 0 radical (unpaired) electrons. The summed E-state index contributed by atoms with van der Waals surface area (Å²) in [6, 6.07) is 2.16. The topological polar surface area (TPSA) is 109 Å². The minimum atomic E-state index is -0.755. The molecule has 0 saturated carbocycles. The third kappa shape index (κ3) is 4.12. The molecule has 1 fully saturated rings. The van der Waals surface area contributed by atoms with Crippen LogP contribution >= 0.6 is 0 Å². The van der Waals surface area contributed by atoms with Crippen molar-refractivity contribution in [2.45, 2.75) is 26.1 Å². The van der Waals surface area contributed by atoms with E-state index in [0.29, 0.717) is 48.3 Å². The Morgan fingerprint density at radius 3 is 2.79 bits per heavy atom. The van der Waals surface area contributed by atoms with Crippen molar-refractivity contribution in [1.29, 1.82) is 0 Å². The summed E-state index contributed by atoms with van der Waals surface area (Å²) >= 11 is 0. The maximum absolute atomic E-state index is 14.0. The van der Waals surface area contributed by atoms with Crippen LogP contribution in [0.2, 0.25) is 0 Å². The highest BCUT2D eigenvalue weighted by Gasteiger charge is 2.37. The summed E-state index contributed by atoms with van der Waals surface area (Å²) in [5.74, 6) is -0.821. The normalized spacial score (nSPS) is 17.1. The number of aromatic nitrogens is 4. The third-order valence-electron chi connectivity index (χ3n) is 5.88. The van der Waals surface area contributed by atoms with Gasteiger partial charge in [-0.25, -0.2) is 13.8 Å². The second-order valence-electron chi connectivity index (χ2n) is 8.23. The van der Waals surface area contributed by atoms with Gasteiger partial charge in [-0.2, -0.15) is 10.1 Å². The van der Waals surface area contributed by atoms with Crippen LogP contribution in [0.25, 0.3) is 0 Å². The van der Waals surface area contributed by atoms with E-state index in [1.807, 2.05) is 11.8 Å². The van der Waals surface area contributed by atoms with E-state index in [-0.39, 0.29) is 18.5 Å². The molecular formula is C22H24F2N8O2. The molecule has 2 aliphatic rings. The molecule has 2 aliphatic heterocycles. The second-order valence-corrected chi connectivity index (χ2v) is 8.23. The number of anilines is 3. The smallest absolute Gasteiger partial charge is 0.248 e. The molecule has 1 aromatic carbocycles. The Hall–Kier alpha value is -3.80. The number of methoxy groups -OCH3 is 1. The molecule has 2 aromatic heterocycles. The monoisotopic (exact) mass is 470 g/mol. The Bertz CT molecular complexity index is 1220. The van der Waals surface area contributed by atoms with Crippen molar-refractivity contribution < 1.29 is 18.3 Å². The van der Waals surface area contributed by atoms with Gasteiger partial charge in [-0.1, -0.05) is 0 Å². The van der Waals surface area contributed by atoms with E-state index < -0.39 is 17.4 Å². The molecule has 3 aromatic rings. The quantitative estimate of drug-likeness (QED) is 0.499. The molecule has 0 aliphatic carbocycles. The second kappa shape index (κ2) is 8.86. The van der Waals surface area contributed by atoms with Crippen LogP contribution in [0.15, 0.2) is 24.5 Å². The van der Waals surface area contributed by atoms with E-state index in [4.69, 9.17) is 4.74 Å². The number of nitrogens with zero attached hydrogens (tertiary/aromatic N) is 5. The highest BCUT2D eigenvalue weighted by Crippen LogP contribution is 2.33. The first kappa shape index (κ1) is 22.0. The van der Waals surface area contributed by atoms with Crippen LogP contribution in [0, 0.1) is 18.6 Å². The highest BCUT2D eigenvalue weighted by atomic mass is 19.1. The molecule has 1 saturated heterocycles. The molecule has 4 heterocycles. The van der Waals surface area contributed by atoms with E-state index in [1.54, 1.807) is 17.1 Å². The molecule has 0 spiro atoms. The number of halogens is 2. The standard InChI is InChI=1S/C22H24F2N8O2/c1-12-18-20(32-4-3-25-9-17(32)21(33)29-18)30-22(28-12)26-7-14-8-27-31(11-14)10-13-5-15(23)19(34-2)16(24)6-13/h5-6,8,11,17,25H,3-4,7,9-10H2,1-2H3,(H,29,33)(H,26,28,30). The van der Waals surface area contributed by atoms with Crippen molar-refractivity contribution in [3.8, 4) is 5.75 Å². The van der Waals surface area contributed by atoms with E-state index in [1.165, 1.54) is 19.2 Å². The van der Waals surface area contributed by atoms with Crippen LogP contribution in [0.4, 0.5) is 26.2 Å². The summed E-state index contributed by atoms with van der Waals surface area (Å²) in [5.41, 5.74) is 2.60. The van der Waals surface area contributed by atoms with Gasteiger partial charge in [0.25, 0.3) is 0 Å². The number of aryl methyl sites for hydroxylation is 1. The zero-order valence-electron chi connectivity index (χ0n) is 18.7. The van der Waals surface area contributed by atoms with Crippen LogP contribution in [0.1, 0.15) is 16.8 Å². The number of carbonyl (C=O) groups is 1. The number of amides is 1. The molecule has 5 rings (SSSR count). The van der Waals surface area contributed by atoms with Crippen molar-refractivity contribution in [1.82, 2.24) is 25.1 Å². The lowest BCUT2D eigenvalue weighted by Gasteiger charge is -2.40. The van der Waals surface area contributed by atoms with Gasteiger partial charge >= 0.3 is 0 Å². The van der Waals surface area contributed by atoms with Gasteiger partial charge in [0.2, 0.25) is 11.9 Å². The average Bonchev–Trinajstić information content (AvgIpc) is 3.26. The summed E-state index contributed by atoms with van der Waals surface area (Å²) in [4.78, 5) is 23.6. The number of hydrogen-bond donors (Lipinski definition) is 3. The third-order valence-corrected chi connectivity index (χ3v) is 5.88. The first-order valence-corrected chi connectivity index (χ1v) is 10.9. The lowest BCUT2D eigenvalue weighted by Crippen LogP contribution is -2.59. The maximum Gasteiger partial charge on any atom is 0.248 e. The number of benzene rings is 1. The van der Waals surface area contributed by atoms with Gasteiger partial charge in [0.05, 0.1) is 25.5 Å². The lowest BCUT2D eigenvalue weighted by molar-refractivity contribution is -0.117. The summed E-state index contributed by atoms with van der Waals surface area (Å²) in [6.45, 7) is 4.46. The molecule has 10 nitrogen and oxygen atoms in total. The summed E-state index contributed by atoms with van der Waals surface area (Å²) in [6.07, 6.45) is 3.45. The molecule has 34 heavy (non-hydrogen) atoms. The van der Waals surface area contributed by atoms with Gasteiger partial charge in [-0.05, 0) is 24.6 Å². The van der Waals surface area contributed by atoms with Gasteiger partial charge in [0.1, 0.15) is 11.7 Å². The molecular weight excluding hydrogens is 446 g/mol. The average molecular weight is 470 g/mol. The molecule has 12 heteroatoms. The van der Waals surface area contributed by atoms with Crippen LogP contribution in [-0.2, 0) is 17.9 Å². The van der Waals surface area contributed by atoms with E-state index in [9.17, 15) is 13.6 Å². The molecule has 178 valence electrons. The fraction of sp³-hybridized carbons (Fsp3) is 0.364. The number of ether oxygens (including phenoxy) is 1. The lowest BCUT2D eigenvalue weighted by atomic mass is 10.1. The number of fused-ring (bicyclic) bond motifs is 3. The Morgan fingerprint density at radius 1 is 1.24 bits per heavy atom. The summed E-state index contributed by atoms with van der Waals surface area (Å²) < 4.78 is 34.2. The van der Waals surface area contributed by atoms with Gasteiger partial charge in [-0.3, -0.25) is 9.48 Å². The SMILES string of the molecule is COc1c(F)cc(Cn2cc(CNc3nc(C)c4c(n3)N3CCNCC3C(=O)N4)cn2)cc1F. The van der Waals surface area contributed by atoms with Gasteiger partial charge in [-0.15, -0.1) is 0 Å². The molecule has 3 N–H and O–H groups in total. The summed E-state index contributed by atoms with van der Waals surface area (Å²) in [7, 11) is 1.22.